The van der Waals surface area contributed by atoms with Crippen LogP contribution in [0, 0.1) is 0 Å². The third-order valence-corrected chi connectivity index (χ3v) is 4.28. The van der Waals surface area contributed by atoms with Crippen LogP contribution < -0.4 is 9.47 Å². The molecule has 2 aromatic rings. The second kappa shape index (κ2) is 10.7. The number of rotatable bonds is 9. The van der Waals surface area contributed by atoms with Crippen LogP contribution in [0.5, 0.6) is 11.5 Å². The Morgan fingerprint density at radius 1 is 0.889 bits per heavy atom. The Morgan fingerprint density at radius 2 is 1.59 bits per heavy atom. The third kappa shape index (κ3) is 6.40. The van der Waals surface area contributed by atoms with E-state index in [0.29, 0.717) is 40.3 Å². The second-order valence-electron chi connectivity index (χ2n) is 5.90. The first-order valence-electron chi connectivity index (χ1n) is 8.96. The molecule has 6 heteroatoms. The molecule has 0 saturated heterocycles. The summed E-state index contributed by atoms with van der Waals surface area (Å²) in [5.41, 5.74) is 0.815. The molecule has 0 aliphatic carbocycles. The van der Waals surface area contributed by atoms with E-state index >= 15 is 0 Å². The van der Waals surface area contributed by atoms with Crippen LogP contribution in [0.4, 0.5) is 0 Å². The maximum absolute atomic E-state index is 12.3. The van der Waals surface area contributed by atoms with Crippen molar-refractivity contribution >= 4 is 27.9 Å². The van der Waals surface area contributed by atoms with Gasteiger partial charge < -0.3 is 14.2 Å². The molecule has 0 heterocycles. The normalized spacial score (nSPS) is 10.3. The van der Waals surface area contributed by atoms with Gasteiger partial charge in [-0.2, -0.15) is 0 Å². The molecule has 0 unspecified atom stereocenters. The van der Waals surface area contributed by atoms with Crippen molar-refractivity contribution in [3.63, 3.8) is 0 Å². The predicted molar refractivity (Wildman–Crippen MR) is 107 cm³/mol. The number of benzene rings is 2. The predicted octanol–water partition coefficient (Wildman–Crippen LogP) is 5.41. The average Bonchev–Trinajstić information content (AvgIpc) is 2.68. The lowest BCUT2D eigenvalue weighted by atomic mass is 10.2. The van der Waals surface area contributed by atoms with Crippen LogP contribution in [0.15, 0.2) is 46.9 Å². The van der Waals surface area contributed by atoms with Crippen LogP contribution in [0.25, 0.3) is 0 Å². The van der Waals surface area contributed by atoms with E-state index in [-0.39, 0.29) is 0 Å². The minimum atomic E-state index is -0.489. The summed E-state index contributed by atoms with van der Waals surface area (Å²) in [5.74, 6) is 0.163. The highest BCUT2D eigenvalue weighted by molar-refractivity contribution is 9.10. The summed E-state index contributed by atoms with van der Waals surface area (Å²) >= 11 is 3.41. The van der Waals surface area contributed by atoms with Crippen molar-refractivity contribution < 1.29 is 23.8 Å². The molecule has 144 valence electrons. The maximum Gasteiger partial charge on any atom is 0.343 e. The van der Waals surface area contributed by atoms with E-state index in [0.717, 1.165) is 19.3 Å². The van der Waals surface area contributed by atoms with E-state index < -0.39 is 11.9 Å². The number of carbonyl (C=O) groups excluding carboxylic acids is 2. The molecule has 0 aliphatic heterocycles. The van der Waals surface area contributed by atoms with E-state index in [9.17, 15) is 9.59 Å². The number of ether oxygens (including phenoxy) is 3. The topological polar surface area (TPSA) is 61.8 Å². The van der Waals surface area contributed by atoms with Crippen LogP contribution in [0.2, 0.25) is 0 Å². The zero-order valence-electron chi connectivity index (χ0n) is 15.5. The fourth-order valence-electron chi connectivity index (χ4n) is 2.17. The smallest absolute Gasteiger partial charge is 0.343 e. The summed E-state index contributed by atoms with van der Waals surface area (Å²) in [6.07, 6.45) is 2.79. The van der Waals surface area contributed by atoms with Gasteiger partial charge in [-0.3, -0.25) is 0 Å². The Labute approximate surface area is 167 Å². The van der Waals surface area contributed by atoms with Crippen molar-refractivity contribution in [3.05, 3.63) is 58.1 Å². The number of unbranched alkanes of at least 4 members (excludes halogenated alkanes) is 1. The van der Waals surface area contributed by atoms with Crippen molar-refractivity contribution in [1.29, 1.82) is 0 Å². The highest BCUT2D eigenvalue weighted by Gasteiger charge is 2.13. The first-order valence-corrected chi connectivity index (χ1v) is 9.76. The molecule has 0 saturated carbocycles. The lowest BCUT2D eigenvalue weighted by Crippen LogP contribution is -2.09. The highest BCUT2D eigenvalue weighted by atomic mass is 79.9. The molecule has 0 amide bonds. The van der Waals surface area contributed by atoms with Crippen LogP contribution in [0.1, 0.15) is 53.8 Å². The molecule has 27 heavy (non-hydrogen) atoms. The molecule has 0 aromatic heterocycles. The number of hydrogen-bond donors (Lipinski definition) is 0. The van der Waals surface area contributed by atoms with Crippen LogP contribution in [0.3, 0.4) is 0 Å². The van der Waals surface area contributed by atoms with Gasteiger partial charge in [0.15, 0.2) is 0 Å². The maximum atomic E-state index is 12.3. The molecular formula is C21H23BrO5. The van der Waals surface area contributed by atoms with E-state index in [2.05, 4.69) is 22.9 Å². The van der Waals surface area contributed by atoms with Crippen molar-refractivity contribution in [2.24, 2.45) is 0 Å². The zero-order valence-corrected chi connectivity index (χ0v) is 17.1. The third-order valence-electron chi connectivity index (χ3n) is 3.66. The molecular weight excluding hydrogens is 412 g/mol. The van der Waals surface area contributed by atoms with Gasteiger partial charge in [0.25, 0.3) is 0 Å². The van der Waals surface area contributed by atoms with Gasteiger partial charge in [0, 0.05) is 0 Å². The SMILES string of the molecule is CCCCOc1ccc(C(=O)Oc2ccc(C(=O)OCCC)cc2)cc1Br. The highest BCUT2D eigenvalue weighted by Crippen LogP contribution is 2.27. The number of carbonyl (C=O) groups is 2. The molecule has 0 bridgehead atoms. The van der Waals surface area contributed by atoms with Gasteiger partial charge >= 0.3 is 11.9 Å². The Hall–Kier alpha value is -2.34. The average molecular weight is 435 g/mol. The molecule has 0 N–H and O–H groups in total. The molecule has 0 radical (unpaired) electrons. The lowest BCUT2D eigenvalue weighted by molar-refractivity contribution is 0.0505. The fourth-order valence-corrected chi connectivity index (χ4v) is 2.67. The molecule has 2 rings (SSSR count). The Morgan fingerprint density at radius 3 is 2.22 bits per heavy atom. The molecule has 0 atom stereocenters. The first-order chi connectivity index (χ1) is 13.0. The summed E-state index contributed by atoms with van der Waals surface area (Å²) in [6.45, 7) is 5.03. The van der Waals surface area contributed by atoms with Crippen molar-refractivity contribution in [2.75, 3.05) is 13.2 Å². The number of halogens is 1. The van der Waals surface area contributed by atoms with E-state index in [1.165, 1.54) is 0 Å². The quantitative estimate of drug-likeness (QED) is 0.299. The Bertz CT molecular complexity index is 771. The summed E-state index contributed by atoms with van der Waals surface area (Å²) in [6, 6.07) is 11.3. The Balaban J connectivity index is 1.98. The van der Waals surface area contributed by atoms with Crippen LogP contribution in [-0.4, -0.2) is 25.2 Å². The van der Waals surface area contributed by atoms with Crippen molar-refractivity contribution in [3.8, 4) is 11.5 Å². The zero-order chi connectivity index (χ0) is 19.6. The molecule has 0 spiro atoms. The number of hydrogen-bond acceptors (Lipinski definition) is 5. The van der Waals surface area contributed by atoms with Gasteiger partial charge in [-0.25, -0.2) is 9.59 Å². The van der Waals surface area contributed by atoms with E-state index in [1.807, 2.05) is 6.92 Å². The Kier molecular flexibility index (Phi) is 8.33. The molecule has 5 nitrogen and oxygen atoms in total. The standard InChI is InChI=1S/C21H23BrO5/c1-3-5-13-25-19-11-8-16(14-18(19)22)21(24)27-17-9-6-15(7-10-17)20(23)26-12-4-2/h6-11,14H,3-5,12-13H2,1-2H3. The van der Waals surface area contributed by atoms with Gasteiger partial charge in [-0.1, -0.05) is 20.3 Å². The minimum absolute atomic E-state index is 0.353. The van der Waals surface area contributed by atoms with Crippen molar-refractivity contribution in [2.45, 2.75) is 33.1 Å². The van der Waals surface area contributed by atoms with Crippen LogP contribution >= 0.6 is 15.9 Å². The number of esters is 2. The van der Waals surface area contributed by atoms with E-state index in [4.69, 9.17) is 14.2 Å². The minimum Gasteiger partial charge on any atom is -0.492 e. The van der Waals surface area contributed by atoms with Gasteiger partial charge in [0.05, 0.1) is 28.8 Å². The van der Waals surface area contributed by atoms with Crippen molar-refractivity contribution in [1.82, 2.24) is 0 Å². The van der Waals surface area contributed by atoms with Gasteiger partial charge in [0.1, 0.15) is 11.5 Å². The van der Waals surface area contributed by atoms with Gasteiger partial charge in [0.2, 0.25) is 0 Å². The van der Waals surface area contributed by atoms with E-state index in [1.54, 1.807) is 42.5 Å². The monoisotopic (exact) mass is 434 g/mol. The van der Waals surface area contributed by atoms with Crippen LogP contribution in [-0.2, 0) is 4.74 Å². The first kappa shape index (κ1) is 21.0. The molecule has 2 aromatic carbocycles. The summed E-state index contributed by atoms with van der Waals surface area (Å²) < 4.78 is 16.8. The lowest BCUT2D eigenvalue weighted by Gasteiger charge is -2.10. The fraction of sp³-hybridized carbons (Fsp3) is 0.333. The van der Waals surface area contributed by atoms with Gasteiger partial charge in [-0.05, 0) is 71.2 Å². The molecule has 0 aliphatic rings. The summed E-state index contributed by atoms with van der Waals surface area (Å²) in [4.78, 5) is 24.1. The largest absolute Gasteiger partial charge is 0.492 e. The second-order valence-corrected chi connectivity index (χ2v) is 6.75. The summed E-state index contributed by atoms with van der Waals surface area (Å²) in [7, 11) is 0. The molecule has 0 fully saturated rings. The van der Waals surface area contributed by atoms with Gasteiger partial charge in [-0.15, -0.1) is 0 Å². The summed E-state index contributed by atoms with van der Waals surface area (Å²) in [5, 5.41) is 0.